The number of nitrogens with one attached hydrogen (secondary N) is 1. The predicted octanol–water partition coefficient (Wildman–Crippen LogP) is 6.14. The van der Waals surface area contributed by atoms with E-state index in [1.165, 1.54) is 37.4 Å². The Balaban J connectivity index is 1.66. The Bertz CT molecular complexity index is 1370. The number of benzene rings is 3. The van der Waals surface area contributed by atoms with E-state index in [2.05, 4.69) is 5.10 Å². The molecular weight excluding hydrogens is 493 g/mol. The molecule has 4 rings (SSSR count). The number of carbonyl (C=O) groups excluding carboxylic acids is 1. The molecule has 11 heteroatoms. The number of hydrogen-bond acceptors (Lipinski definition) is 3. The molecule has 1 heterocycles. The predicted molar refractivity (Wildman–Crippen MR) is 119 cm³/mol. The van der Waals surface area contributed by atoms with E-state index in [0.717, 1.165) is 6.07 Å². The molecule has 0 spiro atoms. The number of ether oxygens (including phenoxy) is 1. The number of halogens is 6. The highest BCUT2D eigenvalue weighted by Crippen LogP contribution is 2.31. The van der Waals surface area contributed by atoms with Crippen LogP contribution in [-0.4, -0.2) is 27.9 Å². The van der Waals surface area contributed by atoms with Gasteiger partial charge >= 0.3 is 12.1 Å². The van der Waals surface area contributed by atoms with Crippen molar-refractivity contribution < 1.29 is 31.5 Å². The third-order valence-corrected chi connectivity index (χ3v) is 5.52. The lowest BCUT2D eigenvalue weighted by Crippen LogP contribution is -2.45. The molecule has 0 aliphatic rings. The smallest absolute Gasteiger partial charge is 0.471 e. The van der Waals surface area contributed by atoms with Crippen molar-refractivity contribution >= 4 is 28.4 Å². The molecule has 182 valence electrons. The van der Waals surface area contributed by atoms with Crippen LogP contribution in [0.25, 0.3) is 16.6 Å². The normalized spacial score (nSPS) is 13.5. The lowest BCUT2D eigenvalue weighted by molar-refractivity contribution is -0.174. The largest absolute Gasteiger partial charge is 0.484 e. The maximum absolute atomic E-state index is 14.1. The number of fused-ring (bicyclic) bond motifs is 1. The first-order chi connectivity index (χ1) is 16.5. The molecule has 1 amide bonds. The van der Waals surface area contributed by atoms with Gasteiger partial charge in [0.15, 0.2) is 0 Å². The zero-order valence-corrected chi connectivity index (χ0v) is 18.7. The quantitative estimate of drug-likeness (QED) is 0.317. The van der Waals surface area contributed by atoms with Crippen LogP contribution in [0.2, 0.25) is 5.02 Å². The van der Waals surface area contributed by atoms with E-state index in [9.17, 15) is 26.7 Å². The maximum atomic E-state index is 14.1. The Morgan fingerprint density at radius 1 is 1.06 bits per heavy atom. The number of amides is 1. The van der Waals surface area contributed by atoms with E-state index in [1.54, 1.807) is 35.0 Å². The minimum absolute atomic E-state index is 0.170. The van der Waals surface area contributed by atoms with Crippen LogP contribution in [-0.2, 0) is 4.79 Å². The van der Waals surface area contributed by atoms with Crippen molar-refractivity contribution in [2.24, 2.45) is 0 Å². The Morgan fingerprint density at radius 3 is 2.43 bits per heavy atom. The molecule has 0 aliphatic carbocycles. The summed E-state index contributed by atoms with van der Waals surface area (Å²) in [7, 11) is 0. The summed E-state index contributed by atoms with van der Waals surface area (Å²) in [6.07, 6.45) is -4.74. The van der Waals surface area contributed by atoms with Crippen molar-refractivity contribution in [2.45, 2.75) is 25.2 Å². The highest BCUT2D eigenvalue weighted by atomic mass is 35.5. The van der Waals surface area contributed by atoms with E-state index < -0.39 is 35.9 Å². The van der Waals surface area contributed by atoms with Crippen molar-refractivity contribution in [1.82, 2.24) is 15.1 Å². The number of carbonyl (C=O) groups is 1. The summed E-state index contributed by atoms with van der Waals surface area (Å²) in [5.41, 5.74) is 1.45. The van der Waals surface area contributed by atoms with E-state index in [0.29, 0.717) is 16.6 Å². The van der Waals surface area contributed by atoms with Gasteiger partial charge in [0.1, 0.15) is 23.5 Å². The number of alkyl halides is 3. The monoisotopic (exact) mass is 509 g/mol. The molecule has 0 fully saturated rings. The highest BCUT2D eigenvalue weighted by Gasteiger charge is 2.40. The van der Waals surface area contributed by atoms with Crippen molar-refractivity contribution in [3.05, 3.63) is 89.1 Å². The van der Waals surface area contributed by atoms with Gasteiger partial charge in [0.2, 0.25) is 0 Å². The van der Waals surface area contributed by atoms with Gasteiger partial charge in [-0.05, 0) is 67.1 Å². The van der Waals surface area contributed by atoms with Gasteiger partial charge in [-0.2, -0.15) is 18.3 Å². The molecule has 0 saturated carbocycles. The van der Waals surface area contributed by atoms with E-state index in [-0.39, 0.29) is 16.3 Å². The van der Waals surface area contributed by atoms with Gasteiger partial charge in [0.05, 0.1) is 28.5 Å². The highest BCUT2D eigenvalue weighted by molar-refractivity contribution is 6.30. The van der Waals surface area contributed by atoms with Crippen LogP contribution in [0.1, 0.15) is 18.6 Å². The van der Waals surface area contributed by atoms with Crippen LogP contribution in [0, 0.1) is 11.6 Å². The lowest BCUT2D eigenvalue weighted by Gasteiger charge is -2.27. The van der Waals surface area contributed by atoms with Crippen molar-refractivity contribution in [3.8, 4) is 11.4 Å². The molecule has 1 aromatic heterocycles. The molecule has 2 unspecified atom stereocenters. The summed E-state index contributed by atoms with van der Waals surface area (Å²) in [6.45, 7) is 1.31. The van der Waals surface area contributed by atoms with Gasteiger partial charge in [0, 0.05) is 5.39 Å². The fraction of sp³-hybridized carbons (Fsp3) is 0.167. The van der Waals surface area contributed by atoms with Crippen LogP contribution >= 0.6 is 11.6 Å². The standard InChI is InChI=1S/C24H17ClF5N3O2/c1-13(32-23(34)24(28,29)30)22(14-2-8-19(25)20(27)11-14)35-18-7-9-21-15(10-18)12-31-33(21)17-5-3-16(26)4-6-17/h2-13,22H,1H3,(H,32,34). The van der Waals surface area contributed by atoms with Crippen LogP contribution in [0.3, 0.4) is 0 Å². The zero-order chi connectivity index (χ0) is 25.3. The van der Waals surface area contributed by atoms with Crippen molar-refractivity contribution in [2.75, 3.05) is 0 Å². The van der Waals surface area contributed by atoms with Crippen LogP contribution in [0.15, 0.2) is 66.9 Å². The molecule has 0 bridgehead atoms. The fourth-order valence-electron chi connectivity index (χ4n) is 3.53. The molecule has 5 nitrogen and oxygen atoms in total. The summed E-state index contributed by atoms with van der Waals surface area (Å²) in [5, 5.41) is 6.59. The molecule has 3 aromatic carbocycles. The zero-order valence-electron chi connectivity index (χ0n) is 18.0. The summed E-state index contributed by atoms with van der Waals surface area (Å²) < 4.78 is 73.3. The Kier molecular flexibility index (Phi) is 6.66. The summed E-state index contributed by atoms with van der Waals surface area (Å²) in [5.74, 6) is -3.09. The third-order valence-electron chi connectivity index (χ3n) is 5.22. The number of aromatic nitrogens is 2. The van der Waals surface area contributed by atoms with Gasteiger partial charge in [-0.1, -0.05) is 17.7 Å². The first kappa shape index (κ1) is 24.5. The summed E-state index contributed by atoms with van der Waals surface area (Å²) in [4.78, 5) is 11.5. The third kappa shape index (κ3) is 5.37. The fourth-order valence-corrected chi connectivity index (χ4v) is 3.65. The number of nitrogens with zero attached hydrogens (tertiary/aromatic N) is 2. The van der Waals surface area contributed by atoms with Gasteiger partial charge in [-0.15, -0.1) is 0 Å². The molecular formula is C24H17ClF5N3O2. The summed E-state index contributed by atoms with van der Waals surface area (Å²) >= 11 is 5.73. The molecule has 0 aliphatic heterocycles. The second kappa shape index (κ2) is 9.53. The Hall–Kier alpha value is -3.66. The minimum atomic E-state index is -5.10. The first-order valence-corrected chi connectivity index (χ1v) is 10.6. The van der Waals surface area contributed by atoms with Gasteiger partial charge < -0.3 is 10.1 Å². The maximum Gasteiger partial charge on any atom is 0.471 e. The number of rotatable bonds is 6. The van der Waals surface area contributed by atoms with Crippen molar-refractivity contribution in [3.63, 3.8) is 0 Å². The van der Waals surface area contributed by atoms with Crippen molar-refractivity contribution in [1.29, 1.82) is 0 Å². The van der Waals surface area contributed by atoms with E-state index >= 15 is 0 Å². The van der Waals surface area contributed by atoms with Crippen LogP contribution in [0.4, 0.5) is 22.0 Å². The number of hydrogen-bond donors (Lipinski definition) is 1. The second-order valence-corrected chi connectivity index (χ2v) is 8.13. The van der Waals surface area contributed by atoms with Gasteiger partial charge in [0.25, 0.3) is 0 Å². The summed E-state index contributed by atoms with van der Waals surface area (Å²) in [6, 6.07) is 13.0. The Labute approximate surface area is 201 Å². The second-order valence-electron chi connectivity index (χ2n) is 7.73. The SMILES string of the molecule is CC(NC(=O)C(F)(F)F)C(Oc1ccc2c(cnn2-c2ccc(F)cc2)c1)c1ccc(Cl)c(F)c1. The molecule has 0 saturated heterocycles. The molecule has 35 heavy (non-hydrogen) atoms. The molecule has 2 atom stereocenters. The molecule has 1 N–H and O–H groups in total. The lowest BCUT2D eigenvalue weighted by atomic mass is 10.0. The van der Waals surface area contributed by atoms with Crippen LogP contribution < -0.4 is 10.1 Å². The Morgan fingerprint density at radius 2 is 1.77 bits per heavy atom. The average Bonchev–Trinajstić information content (AvgIpc) is 3.22. The molecule has 4 aromatic rings. The average molecular weight is 510 g/mol. The van der Waals surface area contributed by atoms with E-state index in [4.69, 9.17) is 16.3 Å². The van der Waals surface area contributed by atoms with Crippen LogP contribution in [0.5, 0.6) is 5.75 Å². The van der Waals surface area contributed by atoms with Gasteiger partial charge in [-0.3, -0.25) is 4.79 Å². The van der Waals surface area contributed by atoms with E-state index in [1.807, 2.05) is 5.32 Å². The van der Waals surface area contributed by atoms with Gasteiger partial charge in [-0.25, -0.2) is 13.5 Å². The topological polar surface area (TPSA) is 56.1 Å². The minimum Gasteiger partial charge on any atom is -0.484 e. The molecule has 0 radical (unpaired) electrons. The first-order valence-electron chi connectivity index (χ1n) is 10.3.